The molecule has 0 spiro atoms. The summed E-state index contributed by atoms with van der Waals surface area (Å²) in [5.74, 6) is -3.69. The molecule has 6 heteroatoms. The highest BCUT2D eigenvalue weighted by Gasteiger charge is 2.37. The minimum absolute atomic E-state index is 0.246. The monoisotopic (exact) mass is 194 g/mol. The summed E-state index contributed by atoms with van der Waals surface area (Å²) in [4.78, 5) is 12.1. The van der Waals surface area contributed by atoms with Crippen molar-refractivity contribution >= 4 is 5.91 Å². The van der Waals surface area contributed by atoms with Crippen LogP contribution < -0.4 is 5.73 Å². The smallest absolute Gasteiger partial charge is 0.287 e. The summed E-state index contributed by atoms with van der Waals surface area (Å²) >= 11 is 0. The van der Waals surface area contributed by atoms with Gasteiger partial charge in [0.15, 0.2) is 0 Å². The highest BCUT2D eigenvalue weighted by Crippen LogP contribution is 2.18. The molecule has 1 aliphatic heterocycles. The van der Waals surface area contributed by atoms with E-state index in [0.717, 1.165) is 4.90 Å². The number of alkyl halides is 2. The fourth-order valence-corrected chi connectivity index (χ4v) is 1.25. The third-order valence-electron chi connectivity index (χ3n) is 1.99. The number of carbonyl (C=O) groups is 1. The average molecular weight is 194 g/mol. The van der Waals surface area contributed by atoms with Crippen LogP contribution in [-0.2, 0) is 4.79 Å². The lowest BCUT2D eigenvalue weighted by molar-refractivity contribution is -0.135. The van der Waals surface area contributed by atoms with Gasteiger partial charge in [0, 0.05) is 6.54 Å². The Morgan fingerprint density at radius 3 is 2.69 bits per heavy atom. The van der Waals surface area contributed by atoms with Gasteiger partial charge >= 0.3 is 0 Å². The first kappa shape index (κ1) is 10.3. The third-order valence-corrected chi connectivity index (χ3v) is 1.99. The number of hydrogen-bond donors (Lipinski definition) is 2. The van der Waals surface area contributed by atoms with Crippen molar-refractivity contribution in [2.75, 3.05) is 19.7 Å². The minimum Gasteiger partial charge on any atom is -0.390 e. The molecular formula is C7H12F2N2O2. The highest BCUT2D eigenvalue weighted by atomic mass is 19.3. The molecule has 1 fully saturated rings. The van der Waals surface area contributed by atoms with Gasteiger partial charge in [-0.2, -0.15) is 0 Å². The van der Waals surface area contributed by atoms with E-state index in [0.29, 0.717) is 6.42 Å². The summed E-state index contributed by atoms with van der Waals surface area (Å²) in [6, 6.07) is -0.658. The number of nitrogens with zero attached hydrogens (tertiary/aromatic N) is 1. The summed E-state index contributed by atoms with van der Waals surface area (Å²) in [5, 5.41) is 8.29. The van der Waals surface area contributed by atoms with Crippen molar-refractivity contribution in [2.45, 2.75) is 18.4 Å². The van der Waals surface area contributed by atoms with E-state index in [4.69, 9.17) is 10.8 Å². The number of likely N-dealkylation sites (tertiary alicyclic amines) is 1. The van der Waals surface area contributed by atoms with Gasteiger partial charge in [-0.15, -0.1) is 0 Å². The van der Waals surface area contributed by atoms with Crippen LogP contribution >= 0.6 is 0 Å². The van der Waals surface area contributed by atoms with Gasteiger partial charge < -0.3 is 15.7 Å². The SMILES string of the molecule is NC1CCN(CC(F)(F)CO)C1=O. The van der Waals surface area contributed by atoms with Crippen molar-refractivity contribution in [3.05, 3.63) is 0 Å². The zero-order chi connectivity index (χ0) is 10.1. The molecule has 13 heavy (non-hydrogen) atoms. The van der Waals surface area contributed by atoms with Gasteiger partial charge in [-0.3, -0.25) is 4.79 Å². The molecule has 4 nitrogen and oxygen atoms in total. The molecule has 0 aromatic heterocycles. The molecule has 0 saturated carbocycles. The van der Waals surface area contributed by atoms with E-state index in [2.05, 4.69) is 0 Å². The quantitative estimate of drug-likeness (QED) is 0.616. The second-order valence-electron chi connectivity index (χ2n) is 3.17. The molecule has 0 bridgehead atoms. The van der Waals surface area contributed by atoms with Crippen LogP contribution in [0.1, 0.15) is 6.42 Å². The number of nitrogens with two attached hydrogens (primary N) is 1. The molecule has 1 saturated heterocycles. The summed E-state index contributed by atoms with van der Waals surface area (Å²) in [6.45, 7) is -1.74. The maximum Gasteiger partial charge on any atom is 0.287 e. The predicted octanol–water partition coefficient (Wildman–Crippen LogP) is -0.826. The van der Waals surface area contributed by atoms with Crippen molar-refractivity contribution in [2.24, 2.45) is 5.73 Å². The lowest BCUT2D eigenvalue weighted by Crippen LogP contribution is -2.42. The van der Waals surface area contributed by atoms with Crippen LogP contribution in [0.3, 0.4) is 0 Å². The Hall–Kier alpha value is -0.750. The molecule has 1 heterocycles. The van der Waals surface area contributed by atoms with E-state index < -0.39 is 31.0 Å². The number of aliphatic hydroxyl groups excluding tert-OH is 1. The summed E-state index contributed by atoms with van der Waals surface area (Å²) in [5.41, 5.74) is 5.33. The maximum atomic E-state index is 12.6. The van der Waals surface area contributed by atoms with E-state index in [9.17, 15) is 13.6 Å². The van der Waals surface area contributed by atoms with Crippen LogP contribution in [0.25, 0.3) is 0 Å². The lowest BCUT2D eigenvalue weighted by atomic mass is 10.3. The number of hydrogen-bond acceptors (Lipinski definition) is 3. The molecule has 76 valence electrons. The first-order chi connectivity index (χ1) is 5.96. The topological polar surface area (TPSA) is 66.6 Å². The van der Waals surface area contributed by atoms with Crippen molar-refractivity contribution in [3.8, 4) is 0 Å². The van der Waals surface area contributed by atoms with Crippen molar-refractivity contribution < 1.29 is 18.7 Å². The van der Waals surface area contributed by atoms with Crippen LogP contribution in [0.4, 0.5) is 8.78 Å². The molecule has 1 rings (SSSR count). The first-order valence-corrected chi connectivity index (χ1v) is 3.99. The average Bonchev–Trinajstić information content (AvgIpc) is 2.36. The fraction of sp³-hybridized carbons (Fsp3) is 0.857. The fourth-order valence-electron chi connectivity index (χ4n) is 1.25. The summed E-state index contributed by atoms with van der Waals surface area (Å²) in [7, 11) is 0. The molecular weight excluding hydrogens is 182 g/mol. The number of rotatable bonds is 3. The highest BCUT2D eigenvalue weighted by molar-refractivity contribution is 5.83. The largest absolute Gasteiger partial charge is 0.390 e. The standard InChI is InChI=1S/C7H12F2N2O2/c8-7(9,4-12)3-11-2-1-5(10)6(11)13/h5,12H,1-4,10H2. The van der Waals surface area contributed by atoms with Crippen molar-refractivity contribution in [1.29, 1.82) is 0 Å². The van der Waals surface area contributed by atoms with E-state index in [1.54, 1.807) is 0 Å². The van der Waals surface area contributed by atoms with Gasteiger partial charge in [-0.25, -0.2) is 8.78 Å². The van der Waals surface area contributed by atoms with Crippen LogP contribution in [0.2, 0.25) is 0 Å². The van der Waals surface area contributed by atoms with Gasteiger partial charge in [0.05, 0.1) is 12.6 Å². The zero-order valence-electron chi connectivity index (χ0n) is 7.04. The summed E-state index contributed by atoms with van der Waals surface area (Å²) in [6.07, 6.45) is 0.403. The van der Waals surface area contributed by atoms with Crippen LogP contribution in [0.15, 0.2) is 0 Å². The Kier molecular flexibility index (Phi) is 2.82. The van der Waals surface area contributed by atoms with Gasteiger partial charge in [0.25, 0.3) is 5.92 Å². The van der Waals surface area contributed by atoms with Crippen LogP contribution in [0.5, 0.6) is 0 Å². The Labute approximate surface area is 74.3 Å². The van der Waals surface area contributed by atoms with Gasteiger partial charge in [-0.05, 0) is 6.42 Å². The van der Waals surface area contributed by atoms with E-state index in [1.165, 1.54) is 0 Å². The number of amides is 1. The number of carbonyl (C=O) groups excluding carboxylic acids is 1. The zero-order valence-corrected chi connectivity index (χ0v) is 7.04. The van der Waals surface area contributed by atoms with E-state index in [-0.39, 0.29) is 6.54 Å². The lowest BCUT2D eigenvalue weighted by Gasteiger charge is -2.21. The Morgan fingerprint density at radius 1 is 1.69 bits per heavy atom. The second-order valence-corrected chi connectivity index (χ2v) is 3.17. The molecule has 0 aliphatic carbocycles. The van der Waals surface area contributed by atoms with E-state index in [1.807, 2.05) is 0 Å². The van der Waals surface area contributed by atoms with Crippen LogP contribution in [0, 0.1) is 0 Å². The molecule has 1 unspecified atom stereocenters. The minimum atomic E-state index is -3.22. The van der Waals surface area contributed by atoms with Crippen LogP contribution in [-0.4, -0.2) is 47.6 Å². The Balaban J connectivity index is 2.51. The number of aliphatic hydroxyl groups is 1. The second kappa shape index (κ2) is 3.55. The Morgan fingerprint density at radius 2 is 2.31 bits per heavy atom. The molecule has 1 amide bonds. The molecule has 0 aromatic carbocycles. The molecule has 1 aliphatic rings. The molecule has 1 atom stereocenters. The van der Waals surface area contributed by atoms with Crippen molar-refractivity contribution in [3.63, 3.8) is 0 Å². The first-order valence-electron chi connectivity index (χ1n) is 3.99. The summed E-state index contributed by atoms with van der Waals surface area (Å²) < 4.78 is 25.2. The van der Waals surface area contributed by atoms with Gasteiger partial charge in [0.1, 0.15) is 6.61 Å². The molecule has 3 N–H and O–H groups in total. The van der Waals surface area contributed by atoms with Gasteiger partial charge in [0.2, 0.25) is 5.91 Å². The molecule has 0 radical (unpaired) electrons. The normalized spacial score (nSPS) is 24.2. The predicted molar refractivity (Wildman–Crippen MR) is 41.2 cm³/mol. The maximum absolute atomic E-state index is 12.6. The Bertz CT molecular complexity index is 211. The number of halogens is 2. The van der Waals surface area contributed by atoms with Crippen molar-refractivity contribution in [1.82, 2.24) is 4.90 Å². The van der Waals surface area contributed by atoms with Gasteiger partial charge in [-0.1, -0.05) is 0 Å². The van der Waals surface area contributed by atoms with E-state index >= 15 is 0 Å². The third kappa shape index (κ3) is 2.35. The molecule has 0 aromatic rings.